The molecule has 0 radical (unpaired) electrons. The third-order valence-corrected chi connectivity index (χ3v) is 6.31. The summed E-state index contributed by atoms with van der Waals surface area (Å²) in [5.41, 5.74) is 1.01. The van der Waals surface area contributed by atoms with Crippen LogP contribution in [0.1, 0.15) is 24.8 Å². The van der Waals surface area contributed by atoms with E-state index >= 15 is 0 Å². The van der Waals surface area contributed by atoms with Crippen LogP contribution in [0.2, 0.25) is 4.82 Å². The normalized spacial score (nSPS) is 13.1. The number of carbonyl (C=O) groups excluding carboxylic acids is 2. The van der Waals surface area contributed by atoms with Gasteiger partial charge >= 0.3 is 143 Å². The second kappa shape index (κ2) is 8.66. The standard InChI is InChI=1S/C19H20O3Se/c1-14(20)13-17(15-9-5-3-6-10-15)18(19(21)22-2)23-16-11-7-4-8-12-16/h3-12,17-18H,13H2,1-2H3/t17-,18+/m1/s1. The Morgan fingerprint density at radius 2 is 1.57 bits per heavy atom. The summed E-state index contributed by atoms with van der Waals surface area (Å²) in [4.78, 5) is 23.8. The third-order valence-electron chi connectivity index (χ3n) is 3.54. The molecule has 23 heavy (non-hydrogen) atoms. The summed E-state index contributed by atoms with van der Waals surface area (Å²) in [6.07, 6.45) is 0.346. The van der Waals surface area contributed by atoms with E-state index in [1.165, 1.54) is 7.11 Å². The molecular formula is C19H20O3Se. The van der Waals surface area contributed by atoms with Crippen LogP contribution in [0, 0.1) is 0 Å². The Morgan fingerprint density at radius 1 is 1.00 bits per heavy atom. The molecule has 0 aromatic heterocycles. The molecule has 0 bridgehead atoms. The van der Waals surface area contributed by atoms with E-state index in [9.17, 15) is 9.59 Å². The average molecular weight is 375 g/mol. The van der Waals surface area contributed by atoms with Crippen LogP contribution < -0.4 is 4.46 Å². The van der Waals surface area contributed by atoms with Crippen molar-refractivity contribution in [3.63, 3.8) is 0 Å². The van der Waals surface area contributed by atoms with Gasteiger partial charge in [-0.15, -0.1) is 0 Å². The molecule has 0 spiro atoms. The van der Waals surface area contributed by atoms with Crippen LogP contribution in [-0.2, 0) is 14.3 Å². The van der Waals surface area contributed by atoms with E-state index in [0.717, 1.165) is 10.0 Å². The number of hydrogen-bond donors (Lipinski definition) is 0. The van der Waals surface area contributed by atoms with Gasteiger partial charge in [0.15, 0.2) is 0 Å². The molecule has 0 amide bonds. The fourth-order valence-corrected chi connectivity index (χ4v) is 5.02. The molecule has 0 saturated carbocycles. The first-order valence-corrected chi connectivity index (χ1v) is 9.30. The summed E-state index contributed by atoms with van der Waals surface area (Å²) >= 11 is -0.107. The molecule has 3 nitrogen and oxygen atoms in total. The predicted molar refractivity (Wildman–Crippen MR) is 92.1 cm³/mol. The van der Waals surface area contributed by atoms with Crippen molar-refractivity contribution >= 4 is 31.2 Å². The minimum atomic E-state index is -0.318. The molecule has 120 valence electrons. The zero-order valence-corrected chi connectivity index (χ0v) is 15.0. The average Bonchev–Trinajstić information content (AvgIpc) is 2.58. The van der Waals surface area contributed by atoms with Crippen LogP contribution >= 0.6 is 0 Å². The van der Waals surface area contributed by atoms with Gasteiger partial charge in [0, 0.05) is 0 Å². The second-order valence-electron chi connectivity index (χ2n) is 5.30. The topological polar surface area (TPSA) is 43.4 Å². The fraction of sp³-hybridized carbons (Fsp3) is 0.263. The molecule has 2 aromatic rings. The molecule has 0 saturated heterocycles. The van der Waals surface area contributed by atoms with Crippen LogP contribution in [0.4, 0.5) is 0 Å². The number of Topliss-reactive ketones (excluding diaryl/α,β-unsaturated/α-hetero) is 1. The number of methoxy groups -OCH3 is 1. The van der Waals surface area contributed by atoms with E-state index in [0.29, 0.717) is 6.42 Å². The van der Waals surface area contributed by atoms with Gasteiger partial charge in [-0.2, -0.15) is 0 Å². The van der Waals surface area contributed by atoms with Gasteiger partial charge in [-0.05, 0) is 0 Å². The van der Waals surface area contributed by atoms with Crippen molar-refractivity contribution in [2.24, 2.45) is 0 Å². The van der Waals surface area contributed by atoms with E-state index in [4.69, 9.17) is 4.74 Å². The van der Waals surface area contributed by atoms with Gasteiger partial charge in [0.05, 0.1) is 0 Å². The molecule has 0 aliphatic rings. The first-order valence-electron chi connectivity index (χ1n) is 7.45. The van der Waals surface area contributed by atoms with Gasteiger partial charge in [0.1, 0.15) is 0 Å². The van der Waals surface area contributed by atoms with Crippen molar-refractivity contribution in [3.8, 4) is 0 Å². The van der Waals surface area contributed by atoms with Crippen molar-refractivity contribution in [2.45, 2.75) is 24.1 Å². The van der Waals surface area contributed by atoms with Crippen molar-refractivity contribution in [1.29, 1.82) is 0 Å². The maximum atomic E-state index is 12.4. The Labute approximate surface area is 143 Å². The molecule has 0 heterocycles. The van der Waals surface area contributed by atoms with E-state index in [1.807, 2.05) is 60.7 Å². The molecule has 4 heteroatoms. The zero-order chi connectivity index (χ0) is 16.7. The molecule has 2 aromatic carbocycles. The van der Waals surface area contributed by atoms with E-state index < -0.39 is 0 Å². The second-order valence-corrected chi connectivity index (χ2v) is 7.85. The van der Waals surface area contributed by atoms with Crippen molar-refractivity contribution in [1.82, 2.24) is 0 Å². The fourth-order valence-electron chi connectivity index (χ4n) is 2.47. The van der Waals surface area contributed by atoms with Gasteiger partial charge < -0.3 is 0 Å². The molecule has 0 fully saturated rings. The molecule has 0 unspecified atom stereocenters. The Kier molecular flexibility index (Phi) is 6.57. The predicted octanol–water partition coefficient (Wildman–Crippen LogP) is 2.74. The number of rotatable bonds is 7. The number of hydrogen-bond acceptors (Lipinski definition) is 3. The number of benzene rings is 2. The first-order chi connectivity index (χ1) is 11.1. The monoisotopic (exact) mass is 376 g/mol. The Balaban J connectivity index is 2.35. The molecule has 0 aliphatic carbocycles. The zero-order valence-electron chi connectivity index (χ0n) is 13.3. The van der Waals surface area contributed by atoms with Gasteiger partial charge in [0.2, 0.25) is 0 Å². The summed E-state index contributed by atoms with van der Waals surface area (Å²) in [7, 11) is 1.41. The maximum absolute atomic E-state index is 12.4. The SMILES string of the molecule is COC(=O)[C@@H]([Se]c1ccccc1)[C@H](CC(C)=O)c1ccccc1. The summed E-state index contributed by atoms with van der Waals surface area (Å²) in [6, 6.07) is 19.7. The molecule has 2 atom stereocenters. The first kappa shape index (κ1) is 17.5. The summed E-state index contributed by atoms with van der Waals surface area (Å²) in [5, 5.41) is 0. The van der Waals surface area contributed by atoms with Crippen LogP contribution in [-0.4, -0.2) is 33.8 Å². The number of carbonyl (C=O) groups is 2. The van der Waals surface area contributed by atoms with Crippen molar-refractivity contribution < 1.29 is 14.3 Å². The molecule has 0 N–H and O–H groups in total. The van der Waals surface area contributed by atoms with Gasteiger partial charge in [-0.1, -0.05) is 0 Å². The van der Waals surface area contributed by atoms with E-state index in [1.54, 1.807) is 6.92 Å². The number of ketones is 1. The number of esters is 1. The van der Waals surface area contributed by atoms with E-state index in [-0.39, 0.29) is 37.4 Å². The minimum absolute atomic E-state index is 0.0802. The van der Waals surface area contributed by atoms with Crippen molar-refractivity contribution in [2.75, 3.05) is 7.11 Å². The Bertz CT molecular complexity index is 640. The Morgan fingerprint density at radius 3 is 2.09 bits per heavy atom. The van der Waals surface area contributed by atoms with Crippen LogP contribution in [0.15, 0.2) is 60.7 Å². The van der Waals surface area contributed by atoms with Crippen LogP contribution in [0.3, 0.4) is 0 Å². The molecule has 0 aliphatic heterocycles. The van der Waals surface area contributed by atoms with Crippen LogP contribution in [0.5, 0.6) is 0 Å². The quantitative estimate of drug-likeness (QED) is 0.552. The van der Waals surface area contributed by atoms with E-state index in [2.05, 4.69) is 0 Å². The molecule has 2 rings (SSSR count). The van der Waals surface area contributed by atoms with Gasteiger partial charge in [0.25, 0.3) is 0 Å². The van der Waals surface area contributed by atoms with Crippen molar-refractivity contribution in [3.05, 3.63) is 66.2 Å². The Hall–Kier alpha value is -1.90. The molecular weight excluding hydrogens is 355 g/mol. The van der Waals surface area contributed by atoms with Gasteiger partial charge in [-0.25, -0.2) is 0 Å². The summed E-state index contributed by atoms with van der Waals surface area (Å²) in [5.74, 6) is -0.318. The summed E-state index contributed by atoms with van der Waals surface area (Å²) < 4.78 is 6.16. The number of ether oxygens (including phenoxy) is 1. The summed E-state index contributed by atoms with van der Waals surface area (Å²) in [6.45, 7) is 1.57. The van der Waals surface area contributed by atoms with Gasteiger partial charge in [-0.3, -0.25) is 0 Å². The van der Waals surface area contributed by atoms with Crippen LogP contribution in [0.25, 0.3) is 0 Å². The third kappa shape index (κ3) is 5.05.